The number of pyridine rings is 1. The predicted molar refractivity (Wildman–Crippen MR) is 74.2 cm³/mol. The molecule has 1 aromatic carbocycles. The van der Waals surface area contributed by atoms with Gasteiger partial charge in [-0.15, -0.1) is 0 Å². The standard InChI is InChI=1S/C14H15ClFN3/c1-9-4-5-18-8-12(9)14(19-17)7-10-6-11(16)2-3-13(10)15/h2-6,8,14,19H,7,17H2,1H3. The van der Waals surface area contributed by atoms with Gasteiger partial charge < -0.3 is 0 Å². The lowest BCUT2D eigenvalue weighted by atomic mass is 9.97. The van der Waals surface area contributed by atoms with Gasteiger partial charge in [0.25, 0.3) is 0 Å². The van der Waals surface area contributed by atoms with E-state index in [9.17, 15) is 4.39 Å². The highest BCUT2D eigenvalue weighted by molar-refractivity contribution is 6.31. The van der Waals surface area contributed by atoms with Crippen LogP contribution in [0.25, 0.3) is 0 Å². The largest absolute Gasteiger partial charge is 0.271 e. The molecule has 1 unspecified atom stereocenters. The molecule has 3 N–H and O–H groups in total. The SMILES string of the molecule is Cc1ccncc1C(Cc1cc(F)ccc1Cl)NN. The van der Waals surface area contributed by atoms with Crippen LogP contribution in [0.2, 0.25) is 5.02 Å². The van der Waals surface area contributed by atoms with Crippen molar-refractivity contribution in [3.8, 4) is 0 Å². The molecule has 3 nitrogen and oxygen atoms in total. The molecule has 0 aliphatic carbocycles. The Labute approximate surface area is 116 Å². The van der Waals surface area contributed by atoms with Gasteiger partial charge in [0, 0.05) is 17.4 Å². The number of hydrogen-bond acceptors (Lipinski definition) is 3. The fourth-order valence-electron chi connectivity index (χ4n) is 2.02. The first-order valence-corrected chi connectivity index (χ1v) is 6.30. The molecular weight excluding hydrogens is 265 g/mol. The zero-order valence-corrected chi connectivity index (χ0v) is 11.3. The molecular formula is C14H15ClFN3. The lowest BCUT2D eigenvalue weighted by Gasteiger charge is -2.18. The summed E-state index contributed by atoms with van der Waals surface area (Å²) in [6, 6.07) is 6.07. The number of nitrogens with zero attached hydrogens (tertiary/aromatic N) is 1. The molecule has 2 aromatic rings. The molecule has 0 aliphatic rings. The van der Waals surface area contributed by atoms with E-state index in [0.717, 1.165) is 11.1 Å². The first-order valence-electron chi connectivity index (χ1n) is 5.92. The van der Waals surface area contributed by atoms with Crippen LogP contribution in [0.3, 0.4) is 0 Å². The van der Waals surface area contributed by atoms with Crippen molar-refractivity contribution < 1.29 is 4.39 Å². The summed E-state index contributed by atoms with van der Waals surface area (Å²) < 4.78 is 13.3. The third kappa shape index (κ3) is 3.29. The zero-order valence-electron chi connectivity index (χ0n) is 10.5. The van der Waals surface area contributed by atoms with E-state index < -0.39 is 0 Å². The van der Waals surface area contributed by atoms with E-state index in [1.165, 1.54) is 12.1 Å². The number of hydrogen-bond donors (Lipinski definition) is 2. The summed E-state index contributed by atoms with van der Waals surface area (Å²) in [6.07, 6.45) is 3.98. The molecule has 2 rings (SSSR count). The zero-order chi connectivity index (χ0) is 13.8. The third-order valence-electron chi connectivity index (χ3n) is 3.09. The summed E-state index contributed by atoms with van der Waals surface area (Å²) in [5.41, 5.74) is 5.50. The minimum Gasteiger partial charge on any atom is -0.271 e. The van der Waals surface area contributed by atoms with E-state index in [1.807, 2.05) is 13.0 Å². The molecule has 1 heterocycles. The van der Waals surface area contributed by atoms with Crippen molar-refractivity contribution in [3.63, 3.8) is 0 Å². The summed E-state index contributed by atoms with van der Waals surface area (Å²) in [4.78, 5) is 4.09. The molecule has 0 bridgehead atoms. The van der Waals surface area contributed by atoms with Crippen LogP contribution in [0.1, 0.15) is 22.7 Å². The van der Waals surface area contributed by atoms with Crippen molar-refractivity contribution in [2.24, 2.45) is 5.84 Å². The van der Waals surface area contributed by atoms with Crippen LogP contribution in [-0.2, 0) is 6.42 Å². The summed E-state index contributed by atoms with van der Waals surface area (Å²) in [6.45, 7) is 1.98. The minimum atomic E-state index is -0.307. The highest BCUT2D eigenvalue weighted by atomic mass is 35.5. The van der Waals surface area contributed by atoms with E-state index in [4.69, 9.17) is 17.4 Å². The van der Waals surface area contributed by atoms with Crippen LogP contribution >= 0.6 is 11.6 Å². The van der Waals surface area contributed by atoms with Crippen molar-refractivity contribution in [2.75, 3.05) is 0 Å². The minimum absolute atomic E-state index is 0.159. The molecule has 0 radical (unpaired) electrons. The van der Waals surface area contributed by atoms with E-state index >= 15 is 0 Å². The van der Waals surface area contributed by atoms with Gasteiger partial charge in [-0.2, -0.15) is 0 Å². The van der Waals surface area contributed by atoms with Crippen LogP contribution in [0, 0.1) is 12.7 Å². The smallest absolute Gasteiger partial charge is 0.123 e. The predicted octanol–water partition coefficient (Wildman–Crippen LogP) is 2.93. The molecule has 0 saturated carbocycles. The number of nitrogens with two attached hydrogens (primary N) is 1. The lowest BCUT2D eigenvalue weighted by Crippen LogP contribution is -2.30. The molecule has 100 valence electrons. The molecule has 0 amide bonds. The second kappa shape index (κ2) is 6.10. The van der Waals surface area contributed by atoms with Crippen LogP contribution in [0.15, 0.2) is 36.7 Å². The highest BCUT2D eigenvalue weighted by Gasteiger charge is 2.15. The quantitative estimate of drug-likeness (QED) is 0.668. The average Bonchev–Trinajstić information content (AvgIpc) is 2.41. The van der Waals surface area contributed by atoms with Gasteiger partial charge in [0.15, 0.2) is 0 Å². The van der Waals surface area contributed by atoms with Gasteiger partial charge in [0.1, 0.15) is 5.82 Å². The van der Waals surface area contributed by atoms with Gasteiger partial charge in [-0.05, 0) is 54.3 Å². The number of aryl methyl sites for hydroxylation is 1. The first kappa shape index (κ1) is 13.9. The Kier molecular flexibility index (Phi) is 4.47. The number of benzene rings is 1. The number of nitrogens with one attached hydrogen (secondary N) is 1. The normalized spacial score (nSPS) is 12.4. The van der Waals surface area contributed by atoms with Gasteiger partial charge in [-0.25, -0.2) is 4.39 Å². The maximum absolute atomic E-state index is 13.3. The van der Waals surface area contributed by atoms with Gasteiger partial charge in [-0.1, -0.05) is 11.6 Å². The van der Waals surface area contributed by atoms with Gasteiger partial charge in [0.2, 0.25) is 0 Å². The second-order valence-corrected chi connectivity index (χ2v) is 4.80. The van der Waals surface area contributed by atoms with Crippen molar-refractivity contribution in [3.05, 3.63) is 64.2 Å². The fraction of sp³-hybridized carbons (Fsp3) is 0.214. The fourth-order valence-corrected chi connectivity index (χ4v) is 2.21. The second-order valence-electron chi connectivity index (χ2n) is 4.39. The van der Waals surface area contributed by atoms with Crippen molar-refractivity contribution in [1.29, 1.82) is 0 Å². The Morgan fingerprint density at radius 2 is 2.21 bits per heavy atom. The van der Waals surface area contributed by atoms with Crippen LogP contribution in [0.4, 0.5) is 4.39 Å². The van der Waals surface area contributed by atoms with Gasteiger partial charge >= 0.3 is 0 Å². The lowest BCUT2D eigenvalue weighted by molar-refractivity contribution is 0.544. The molecule has 0 spiro atoms. The number of rotatable bonds is 4. The van der Waals surface area contributed by atoms with Crippen molar-refractivity contribution >= 4 is 11.6 Å². The summed E-state index contributed by atoms with van der Waals surface area (Å²) >= 11 is 6.07. The summed E-state index contributed by atoms with van der Waals surface area (Å²) in [5, 5.41) is 0.531. The molecule has 5 heteroatoms. The van der Waals surface area contributed by atoms with Crippen LogP contribution < -0.4 is 11.3 Å². The van der Waals surface area contributed by atoms with E-state index in [1.54, 1.807) is 18.5 Å². The van der Waals surface area contributed by atoms with Crippen LogP contribution in [-0.4, -0.2) is 4.98 Å². The summed E-state index contributed by atoms with van der Waals surface area (Å²) in [7, 11) is 0. The monoisotopic (exact) mass is 279 g/mol. The maximum Gasteiger partial charge on any atom is 0.123 e. The van der Waals surface area contributed by atoms with E-state index in [2.05, 4.69) is 10.4 Å². The van der Waals surface area contributed by atoms with Crippen LogP contribution in [0.5, 0.6) is 0 Å². The Hall–Kier alpha value is -1.49. The number of aromatic nitrogens is 1. The first-order chi connectivity index (χ1) is 9.11. The van der Waals surface area contributed by atoms with Crippen molar-refractivity contribution in [1.82, 2.24) is 10.4 Å². The molecule has 0 saturated heterocycles. The van der Waals surface area contributed by atoms with Gasteiger partial charge in [-0.3, -0.25) is 16.3 Å². The number of halogens is 2. The highest BCUT2D eigenvalue weighted by Crippen LogP contribution is 2.25. The molecule has 1 aromatic heterocycles. The Bertz CT molecular complexity index is 574. The number of hydrazine groups is 1. The molecule has 0 fully saturated rings. The Balaban J connectivity index is 2.29. The Morgan fingerprint density at radius 1 is 1.42 bits per heavy atom. The van der Waals surface area contributed by atoms with Gasteiger partial charge in [0.05, 0.1) is 6.04 Å². The third-order valence-corrected chi connectivity index (χ3v) is 3.46. The van der Waals surface area contributed by atoms with E-state index in [-0.39, 0.29) is 11.9 Å². The van der Waals surface area contributed by atoms with E-state index in [0.29, 0.717) is 17.0 Å². The Morgan fingerprint density at radius 3 is 2.89 bits per heavy atom. The maximum atomic E-state index is 13.3. The topological polar surface area (TPSA) is 50.9 Å². The molecule has 19 heavy (non-hydrogen) atoms. The molecule has 1 atom stereocenters. The van der Waals surface area contributed by atoms with Crippen molar-refractivity contribution in [2.45, 2.75) is 19.4 Å². The average molecular weight is 280 g/mol. The summed E-state index contributed by atoms with van der Waals surface area (Å²) in [5.74, 6) is 5.29. The molecule has 0 aliphatic heterocycles.